The first-order chi connectivity index (χ1) is 11.0. The summed E-state index contributed by atoms with van der Waals surface area (Å²) in [6.45, 7) is 1.93. The fraction of sp³-hybridized carbons (Fsp3) is 0.176. The first-order valence-corrected chi connectivity index (χ1v) is 6.99. The smallest absolute Gasteiger partial charge is 0.355 e. The first-order valence-electron chi connectivity index (χ1n) is 6.99. The molecule has 0 saturated carbocycles. The third kappa shape index (κ3) is 2.48. The van der Waals surface area contributed by atoms with Crippen molar-refractivity contribution in [1.29, 1.82) is 0 Å². The Balaban J connectivity index is 2.35. The summed E-state index contributed by atoms with van der Waals surface area (Å²) in [5.74, 6) is 0.0834. The van der Waals surface area contributed by atoms with E-state index in [0.717, 1.165) is 5.56 Å². The van der Waals surface area contributed by atoms with E-state index in [-0.39, 0.29) is 5.69 Å². The van der Waals surface area contributed by atoms with Crippen LogP contribution in [-0.4, -0.2) is 34.7 Å². The largest absolute Gasteiger partial charge is 0.497 e. The molecule has 0 spiro atoms. The quantitative estimate of drug-likeness (QED) is 0.801. The molecule has 0 atom stereocenters. The van der Waals surface area contributed by atoms with Crippen LogP contribution in [0.3, 0.4) is 0 Å². The highest BCUT2D eigenvalue weighted by Crippen LogP contribution is 2.35. The number of methoxy groups -OCH3 is 2. The monoisotopic (exact) mass is 312 g/mol. The van der Waals surface area contributed by atoms with Gasteiger partial charge in [0.1, 0.15) is 22.8 Å². The van der Waals surface area contributed by atoms with Gasteiger partial charge >= 0.3 is 5.97 Å². The van der Waals surface area contributed by atoms with Crippen LogP contribution in [-0.2, 0) is 0 Å². The average Bonchev–Trinajstić information content (AvgIpc) is 2.92. The number of aromatic carboxylic acids is 1. The number of ether oxygens (including phenoxy) is 2. The van der Waals surface area contributed by atoms with Crippen LogP contribution in [0.15, 0.2) is 36.5 Å². The minimum Gasteiger partial charge on any atom is -0.497 e. The van der Waals surface area contributed by atoms with Gasteiger partial charge in [-0.05, 0) is 42.8 Å². The summed E-state index contributed by atoms with van der Waals surface area (Å²) < 4.78 is 12.1. The fourth-order valence-corrected chi connectivity index (χ4v) is 2.54. The molecule has 0 fully saturated rings. The first kappa shape index (κ1) is 14.9. The van der Waals surface area contributed by atoms with Crippen LogP contribution in [0.5, 0.6) is 11.5 Å². The predicted molar refractivity (Wildman–Crippen MR) is 85.4 cm³/mol. The maximum absolute atomic E-state index is 11.8. The van der Waals surface area contributed by atoms with Crippen LogP contribution in [0.1, 0.15) is 16.1 Å². The predicted octanol–water partition coefficient (Wildman–Crippen LogP) is 3.03. The highest BCUT2D eigenvalue weighted by molar-refractivity contribution is 5.95. The molecular weight excluding hydrogens is 296 g/mol. The summed E-state index contributed by atoms with van der Waals surface area (Å²) in [7, 11) is 3.09. The molecule has 1 N–H and O–H groups in total. The lowest BCUT2D eigenvalue weighted by Gasteiger charge is -2.09. The van der Waals surface area contributed by atoms with Crippen molar-refractivity contribution >= 4 is 11.6 Å². The lowest BCUT2D eigenvalue weighted by Crippen LogP contribution is -2.04. The summed E-state index contributed by atoms with van der Waals surface area (Å²) in [6, 6.07) is 8.88. The van der Waals surface area contributed by atoms with Gasteiger partial charge in [0.2, 0.25) is 0 Å². The van der Waals surface area contributed by atoms with Crippen LogP contribution in [0.4, 0.5) is 0 Å². The Bertz CT molecular complexity index is 899. The molecule has 0 aliphatic heterocycles. The van der Waals surface area contributed by atoms with Gasteiger partial charge in [0.15, 0.2) is 5.69 Å². The van der Waals surface area contributed by atoms with Gasteiger partial charge in [-0.2, -0.15) is 0 Å². The Labute approximate surface area is 132 Å². The molecule has 0 aliphatic carbocycles. The van der Waals surface area contributed by atoms with E-state index in [1.54, 1.807) is 35.9 Å². The summed E-state index contributed by atoms with van der Waals surface area (Å²) in [5, 5.41) is 9.64. The van der Waals surface area contributed by atoms with E-state index in [1.165, 1.54) is 7.11 Å². The summed E-state index contributed by atoms with van der Waals surface area (Å²) >= 11 is 0. The molecule has 0 bridgehead atoms. The number of rotatable bonds is 4. The molecule has 6 heteroatoms. The van der Waals surface area contributed by atoms with Crippen molar-refractivity contribution in [3.8, 4) is 22.8 Å². The molecule has 0 aliphatic rings. The number of hydrogen-bond acceptors (Lipinski definition) is 4. The average molecular weight is 312 g/mol. The number of carboxylic acid groups (broad SMARTS) is 1. The third-order valence-corrected chi connectivity index (χ3v) is 3.65. The Morgan fingerprint density at radius 2 is 1.96 bits per heavy atom. The van der Waals surface area contributed by atoms with E-state index in [1.807, 2.05) is 19.1 Å². The Hall–Kier alpha value is -3.02. The van der Waals surface area contributed by atoms with Crippen molar-refractivity contribution in [2.45, 2.75) is 6.92 Å². The minimum atomic E-state index is -1.05. The zero-order valence-electron chi connectivity index (χ0n) is 13.0. The molecule has 2 heterocycles. The van der Waals surface area contributed by atoms with Gasteiger partial charge in [0, 0.05) is 11.8 Å². The van der Waals surface area contributed by atoms with Crippen LogP contribution >= 0.6 is 0 Å². The standard InChI is InChI=1S/C17H16N2O4/c1-10-6-7-19-14(8-10)18-15(16(19)17(20)21)12-9-11(22-2)4-5-13(12)23-3/h4-9H,1-3H3,(H,20,21). The Kier molecular flexibility index (Phi) is 3.65. The van der Waals surface area contributed by atoms with Gasteiger partial charge in [0.05, 0.1) is 14.2 Å². The van der Waals surface area contributed by atoms with Crippen molar-refractivity contribution < 1.29 is 19.4 Å². The third-order valence-electron chi connectivity index (χ3n) is 3.65. The lowest BCUT2D eigenvalue weighted by atomic mass is 10.1. The number of benzene rings is 1. The lowest BCUT2D eigenvalue weighted by molar-refractivity contribution is 0.0690. The molecule has 1 aromatic carbocycles. The number of fused-ring (bicyclic) bond motifs is 1. The van der Waals surface area contributed by atoms with Gasteiger partial charge in [-0.1, -0.05) is 0 Å². The summed E-state index contributed by atoms with van der Waals surface area (Å²) in [4.78, 5) is 16.3. The fourth-order valence-electron chi connectivity index (χ4n) is 2.54. The second kappa shape index (κ2) is 5.64. The van der Waals surface area contributed by atoms with E-state index in [0.29, 0.717) is 28.4 Å². The second-order valence-electron chi connectivity index (χ2n) is 5.11. The number of aryl methyl sites for hydroxylation is 1. The number of hydrogen-bond donors (Lipinski definition) is 1. The van der Waals surface area contributed by atoms with E-state index in [9.17, 15) is 9.90 Å². The number of imidazole rings is 1. The minimum absolute atomic E-state index is 0.0894. The molecule has 0 radical (unpaired) electrons. The van der Waals surface area contributed by atoms with Gasteiger partial charge < -0.3 is 14.6 Å². The highest BCUT2D eigenvalue weighted by Gasteiger charge is 2.22. The molecule has 3 rings (SSSR count). The van der Waals surface area contributed by atoms with E-state index >= 15 is 0 Å². The van der Waals surface area contributed by atoms with E-state index in [2.05, 4.69) is 4.98 Å². The van der Waals surface area contributed by atoms with Gasteiger partial charge in [-0.3, -0.25) is 4.40 Å². The summed E-state index contributed by atoms with van der Waals surface area (Å²) in [6.07, 6.45) is 1.71. The normalized spacial score (nSPS) is 10.7. The van der Waals surface area contributed by atoms with Crippen LogP contribution in [0.25, 0.3) is 16.9 Å². The second-order valence-corrected chi connectivity index (χ2v) is 5.11. The maximum Gasteiger partial charge on any atom is 0.355 e. The molecule has 0 unspecified atom stereocenters. The van der Waals surface area contributed by atoms with Crippen LogP contribution in [0.2, 0.25) is 0 Å². The molecule has 0 amide bonds. The van der Waals surface area contributed by atoms with Crippen molar-refractivity contribution in [3.05, 3.63) is 47.8 Å². The number of carbonyl (C=O) groups is 1. The van der Waals surface area contributed by atoms with Crippen LogP contribution in [0, 0.1) is 6.92 Å². The molecule has 2 aromatic heterocycles. The number of nitrogens with zero attached hydrogens (tertiary/aromatic N) is 2. The van der Waals surface area contributed by atoms with Crippen molar-refractivity contribution in [1.82, 2.24) is 9.38 Å². The number of aromatic nitrogens is 2. The highest BCUT2D eigenvalue weighted by atomic mass is 16.5. The van der Waals surface area contributed by atoms with Crippen LogP contribution < -0.4 is 9.47 Å². The van der Waals surface area contributed by atoms with Crippen molar-refractivity contribution in [3.63, 3.8) is 0 Å². The molecule has 3 aromatic rings. The molecule has 6 nitrogen and oxygen atoms in total. The zero-order valence-corrected chi connectivity index (χ0v) is 13.0. The molecule has 0 saturated heterocycles. The zero-order chi connectivity index (χ0) is 16.6. The Morgan fingerprint density at radius 1 is 1.17 bits per heavy atom. The van der Waals surface area contributed by atoms with Gasteiger partial charge in [-0.15, -0.1) is 0 Å². The van der Waals surface area contributed by atoms with Crippen molar-refractivity contribution in [2.24, 2.45) is 0 Å². The van der Waals surface area contributed by atoms with Crippen molar-refractivity contribution in [2.75, 3.05) is 14.2 Å². The summed E-state index contributed by atoms with van der Waals surface area (Å²) in [5.41, 5.74) is 2.59. The maximum atomic E-state index is 11.8. The Morgan fingerprint density at radius 3 is 2.61 bits per heavy atom. The van der Waals surface area contributed by atoms with Gasteiger partial charge in [0.25, 0.3) is 0 Å². The topological polar surface area (TPSA) is 73.1 Å². The molecular formula is C17H16N2O4. The molecule has 23 heavy (non-hydrogen) atoms. The number of pyridine rings is 1. The number of carboxylic acids is 1. The van der Waals surface area contributed by atoms with E-state index in [4.69, 9.17) is 9.47 Å². The SMILES string of the molecule is COc1ccc(OC)c(-c2nc3cc(C)ccn3c2C(=O)O)c1. The van der Waals surface area contributed by atoms with Gasteiger partial charge in [-0.25, -0.2) is 9.78 Å². The van der Waals surface area contributed by atoms with E-state index < -0.39 is 5.97 Å². The molecule has 118 valence electrons.